The average Bonchev–Trinajstić information content (AvgIpc) is 3.43. The molecule has 0 bridgehead atoms. The second kappa shape index (κ2) is 10.1. The van der Waals surface area contributed by atoms with Gasteiger partial charge >= 0.3 is 0 Å². The van der Waals surface area contributed by atoms with Gasteiger partial charge in [-0.2, -0.15) is 0 Å². The van der Waals surface area contributed by atoms with Crippen LogP contribution in [0.25, 0.3) is 0 Å². The van der Waals surface area contributed by atoms with Crippen molar-refractivity contribution in [2.45, 2.75) is 56.6 Å². The van der Waals surface area contributed by atoms with Crippen LogP contribution in [0.5, 0.6) is 0 Å². The molecule has 1 aliphatic rings. The summed E-state index contributed by atoms with van der Waals surface area (Å²) in [6.45, 7) is 2.49. The number of thiophene rings is 1. The quantitative estimate of drug-likeness (QED) is 0.480. The molecule has 28 heavy (non-hydrogen) atoms. The third kappa shape index (κ3) is 5.35. The Morgan fingerprint density at radius 1 is 1.25 bits per heavy atom. The molecule has 2 heterocycles. The van der Waals surface area contributed by atoms with E-state index in [-0.39, 0.29) is 18.4 Å². The van der Waals surface area contributed by atoms with Gasteiger partial charge in [0.2, 0.25) is 5.91 Å². The van der Waals surface area contributed by atoms with E-state index in [1.165, 1.54) is 37.0 Å². The number of carbonyl (C=O) groups excluding carboxylic acids is 2. The Morgan fingerprint density at radius 2 is 2.04 bits per heavy atom. The van der Waals surface area contributed by atoms with Crippen LogP contribution in [0.2, 0.25) is 0 Å². The van der Waals surface area contributed by atoms with Crippen molar-refractivity contribution in [3.05, 3.63) is 27.7 Å². The average molecular weight is 422 g/mol. The molecule has 0 aliphatic heterocycles. The van der Waals surface area contributed by atoms with Gasteiger partial charge in [0.05, 0.1) is 11.4 Å². The van der Waals surface area contributed by atoms with Crippen LogP contribution in [0, 0.1) is 6.92 Å². The topological polar surface area (TPSA) is 88.9 Å². The Kier molecular flexibility index (Phi) is 7.50. The fourth-order valence-electron chi connectivity index (χ4n) is 3.49. The maximum absolute atomic E-state index is 12.0. The fraction of sp³-hybridized carbons (Fsp3) is 0.579. The molecule has 0 unspecified atom stereocenters. The van der Waals surface area contributed by atoms with Crippen molar-refractivity contribution in [2.24, 2.45) is 0 Å². The minimum absolute atomic E-state index is 0.00927. The monoisotopic (exact) mass is 421 g/mol. The zero-order valence-corrected chi connectivity index (χ0v) is 18.0. The highest BCUT2D eigenvalue weighted by Crippen LogP contribution is 2.33. The van der Waals surface area contributed by atoms with Gasteiger partial charge in [0, 0.05) is 23.9 Å². The first-order valence-corrected chi connectivity index (χ1v) is 11.7. The third-order valence-electron chi connectivity index (χ3n) is 4.88. The van der Waals surface area contributed by atoms with Crippen molar-refractivity contribution in [3.8, 4) is 0 Å². The smallest absolute Gasteiger partial charge is 0.261 e. The van der Waals surface area contributed by atoms with Gasteiger partial charge in [0.15, 0.2) is 5.16 Å². The Hall–Kier alpha value is -1.87. The first-order valence-electron chi connectivity index (χ1n) is 9.67. The molecule has 3 rings (SSSR count). The number of aryl methyl sites for hydroxylation is 2. The number of thioether (sulfide) groups is 1. The highest BCUT2D eigenvalue weighted by molar-refractivity contribution is 7.98. The molecule has 0 radical (unpaired) electrons. The lowest BCUT2D eigenvalue weighted by molar-refractivity contribution is -0.120. The normalized spacial score (nSPS) is 14.4. The highest BCUT2D eigenvalue weighted by Gasteiger charge is 2.23. The molecule has 1 aliphatic carbocycles. The molecule has 2 amide bonds. The van der Waals surface area contributed by atoms with Crippen molar-refractivity contribution >= 4 is 34.9 Å². The summed E-state index contributed by atoms with van der Waals surface area (Å²) in [4.78, 5) is 25.6. The lowest BCUT2D eigenvalue weighted by Crippen LogP contribution is -2.37. The van der Waals surface area contributed by atoms with Gasteiger partial charge in [0.25, 0.3) is 5.91 Å². The fourth-order valence-corrected chi connectivity index (χ4v) is 4.84. The standard InChI is InChI=1S/C19H27N5O2S2/c1-13-9-10-15(28-13)18(26)21-12-17(25)20-11-5-8-16-22-23-19(27-2)24(16)14-6-3-4-7-14/h9-10,14H,3-8,11-12H2,1-2H3,(H,20,25)(H,21,26). The Labute approximate surface area is 173 Å². The number of amides is 2. The minimum Gasteiger partial charge on any atom is -0.355 e. The number of hydrogen-bond acceptors (Lipinski definition) is 6. The second-order valence-corrected chi connectivity index (χ2v) is 9.02. The number of hydrogen-bond donors (Lipinski definition) is 2. The van der Waals surface area contributed by atoms with E-state index in [1.54, 1.807) is 17.8 Å². The number of nitrogens with one attached hydrogen (secondary N) is 2. The van der Waals surface area contributed by atoms with Crippen LogP contribution < -0.4 is 10.6 Å². The number of rotatable bonds is 9. The number of carbonyl (C=O) groups is 2. The zero-order chi connectivity index (χ0) is 19.9. The second-order valence-electron chi connectivity index (χ2n) is 6.96. The molecule has 152 valence electrons. The maximum atomic E-state index is 12.0. The van der Waals surface area contributed by atoms with E-state index in [9.17, 15) is 9.59 Å². The Balaban J connectivity index is 1.40. The van der Waals surface area contributed by atoms with E-state index < -0.39 is 0 Å². The molecule has 1 fully saturated rings. The summed E-state index contributed by atoms with van der Waals surface area (Å²) < 4.78 is 2.29. The Bertz CT molecular complexity index is 811. The molecule has 0 aromatic carbocycles. The van der Waals surface area contributed by atoms with Crippen molar-refractivity contribution in [1.82, 2.24) is 25.4 Å². The molecule has 2 aromatic heterocycles. The number of aromatic nitrogens is 3. The van der Waals surface area contributed by atoms with Crippen LogP contribution in [-0.4, -0.2) is 45.9 Å². The summed E-state index contributed by atoms with van der Waals surface area (Å²) in [5, 5.41) is 15.2. The van der Waals surface area contributed by atoms with Crippen LogP contribution in [0.15, 0.2) is 17.3 Å². The predicted octanol–water partition coefficient (Wildman–Crippen LogP) is 2.96. The van der Waals surface area contributed by atoms with Crippen LogP contribution in [0.3, 0.4) is 0 Å². The largest absolute Gasteiger partial charge is 0.355 e. The highest BCUT2D eigenvalue weighted by atomic mass is 32.2. The van der Waals surface area contributed by atoms with Crippen LogP contribution in [0.1, 0.15) is 58.5 Å². The molecular weight excluding hydrogens is 394 g/mol. The summed E-state index contributed by atoms with van der Waals surface area (Å²) in [6, 6.07) is 4.18. The van der Waals surface area contributed by atoms with E-state index in [4.69, 9.17) is 0 Å². The lowest BCUT2D eigenvalue weighted by Gasteiger charge is -2.16. The van der Waals surface area contributed by atoms with Crippen molar-refractivity contribution in [3.63, 3.8) is 0 Å². The summed E-state index contributed by atoms with van der Waals surface area (Å²) >= 11 is 3.06. The van der Waals surface area contributed by atoms with Gasteiger partial charge in [-0.05, 0) is 44.6 Å². The molecule has 0 spiro atoms. The summed E-state index contributed by atoms with van der Waals surface area (Å²) in [7, 11) is 0. The van der Waals surface area contributed by atoms with Gasteiger partial charge in [-0.25, -0.2) is 0 Å². The third-order valence-corrected chi connectivity index (χ3v) is 6.52. The van der Waals surface area contributed by atoms with Crippen molar-refractivity contribution in [2.75, 3.05) is 19.3 Å². The van der Waals surface area contributed by atoms with Gasteiger partial charge in [-0.3, -0.25) is 9.59 Å². The molecular formula is C19H27N5O2S2. The minimum atomic E-state index is -0.206. The molecule has 2 N–H and O–H groups in total. The van der Waals surface area contributed by atoms with Gasteiger partial charge in [-0.15, -0.1) is 21.5 Å². The molecule has 0 atom stereocenters. The van der Waals surface area contributed by atoms with Gasteiger partial charge in [-0.1, -0.05) is 24.6 Å². The Morgan fingerprint density at radius 3 is 2.71 bits per heavy atom. The molecule has 7 nitrogen and oxygen atoms in total. The zero-order valence-electron chi connectivity index (χ0n) is 16.4. The first kappa shape index (κ1) is 20.9. The SMILES string of the molecule is CSc1nnc(CCCNC(=O)CNC(=O)c2ccc(C)s2)n1C1CCCC1. The number of nitrogens with zero attached hydrogens (tertiary/aromatic N) is 3. The van der Waals surface area contributed by atoms with Crippen molar-refractivity contribution < 1.29 is 9.59 Å². The lowest BCUT2D eigenvalue weighted by atomic mass is 10.2. The van der Waals surface area contributed by atoms with Gasteiger partial charge < -0.3 is 15.2 Å². The van der Waals surface area contributed by atoms with Crippen LogP contribution >= 0.6 is 23.1 Å². The summed E-state index contributed by atoms with van der Waals surface area (Å²) in [6.07, 6.45) is 8.53. The summed E-state index contributed by atoms with van der Waals surface area (Å²) in [5.74, 6) is 0.623. The van der Waals surface area contributed by atoms with Crippen LogP contribution in [-0.2, 0) is 11.2 Å². The molecule has 0 saturated heterocycles. The van der Waals surface area contributed by atoms with E-state index in [0.717, 1.165) is 28.7 Å². The predicted molar refractivity (Wildman–Crippen MR) is 112 cm³/mol. The molecule has 1 saturated carbocycles. The first-order chi connectivity index (χ1) is 13.6. The maximum Gasteiger partial charge on any atom is 0.261 e. The van der Waals surface area contributed by atoms with E-state index in [1.807, 2.05) is 19.2 Å². The van der Waals surface area contributed by atoms with Crippen molar-refractivity contribution in [1.29, 1.82) is 0 Å². The molecule has 2 aromatic rings. The van der Waals surface area contributed by atoms with Crippen LogP contribution in [0.4, 0.5) is 0 Å². The summed E-state index contributed by atoms with van der Waals surface area (Å²) in [5.41, 5.74) is 0. The van der Waals surface area contributed by atoms with E-state index >= 15 is 0 Å². The molecule has 9 heteroatoms. The van der Waals surface area contributed by atoms with Gasteiger partial charge in [0.1, 0.15) is 5.82 Å². The van der Waals surface area contributed by atoms with E-state index in [2.05, 4.69) is 25.4 Å². The van der Waals surface area contributed by atoms with E-state index in [0.29, 0.717) is 17.5 Å².